The van der Waals surface area contributed by atoms with Gasteiger partial charge in [-0.3, -0.25) is 4.79 Å². The maximum absolute atomic E-state index is 12.0. The van der Waals surface area contributed by atoms with Gasteiger partial charge in [0.05, 0.1) is 11.3 Å². The third kappa shape index (κ3) is 2.95. The van der Waals surface area contributed by atoms with Gasteiger partial charge in [-0.25, -0.2) is 4.98 Å². The average Bonchev–Trinajstić information content (AvgIpc) is 2.44. The van der Waals surface area contributed by atoms with Crippen molar-refractivity contribution in [2.45, 2.75) is 6.92 Å². The molecule has 0 saturated heterocycles. The molecule has 0 saturated carbocycles. The molecule has 0 unspecified atom stereocenters. The first-order chi connectivity index (χ1) is 9.51. The Morgan fingerprint density at radius 2 is 2.20 bits per heavy atom. The molecule has 3 N–H and O–H groups in total. The van der Waals surface area contributed by atoms with Crippen molar-refractivity contribution in [3.8, 4) is 6.07 Å². The fraction of sp³-hybridized carbons (Fsp3) is 0.0714. The van der Waals surface area contributed by atoms with E-state index in [1.54, 1.807) is 12.1 Å². The summed E-state index contributed by atoms with van der Waals surface area (Å²) in [7, 11) is 0. The molecule has 0 atom stereocenters. The Morgan fingerprint density at radius 3 is 2.80 bits per heavy atom. The first-order valence-corrected chi connectivity index (χ1v) is 6.53. The molecule has 0 bridgehead atoms. The van der Waals surface area contributed by atoms with Gasteiger partial charge in [0, 0.05) is 16.4 Å². The van der Waals surface area contributed by atoms with E-state index >= 15 is 0 Å². The third-order valence-corrected chi connectivity index (χ3v) is 3.39. The predicted octanol–water partition coefficient (Wildman–Crippen LogP) is 2.86. The van der Waals surface area contributed by atoms with Crippen molar-refractivity contribution >= 4 is 33.2 Å². The maximum atomic E-state index is 12.0. The number of nitriles is 1. The van der Waals surface area contributed by atoms with E-state index < -0.39 is 0 Å². The second kappa shape index (κ2) is 5.72. The number of nitrogens with zero attached hydrogens (tertiary/aromatic N) is 2. The van der Waals surface area contributed by atoms with Crippen LogP contribution in [-0.2, 0) is 0 Å². The molecule has 2 aromatic rings. The van der Waals surface area contributed by atoms with Gasteiger partial charge in [0.2, 0.25) is 0 Å². The predicted molar refractivity (Wildman–Crippen MR) is 80.2 cm³/mol. The zero-order valence-electron chi connectivity index (χ0n) is 10.6. The van der Waals surface area contributed by atoms with Gasteiger partial charge in [-0.2, -0.15) is 5.26 Å². The first kappa shape index (κ1) is 14.0. The van der Waals surface area contributed by atoms with Crippen LogP contribution in [0.25, 0.3) is 0 Å². The van der Waals surface area contributed by atoms with Crippen LogP contribution in [0.1, 0.15) is 21.6 Å². The van der Waals surface area contributed by atoms with Gasteiger partial charge in [-0.05, 0) is 52.7 Å². The number of hydrogen-bond acceptors (Lipinski definition) is 4. The molecule has 5 nitrogen and oxygen atoms in total. The van der Waals surface area contributed by atoms with E-state index in [0.29, 0.717) is 16.9 Å². The van der Waals surface area contributed by atoms with Crippen LogP contribution in [0, 0.1) is 18.3 Å². The van der Waals surface area contributed by atoms with E-state index in [-0.39, 0.29) is 11.6 Å². The summed E-state index contributed by atoms with van der Waals surface area (Å²) in [5.41, 5.74) is 8.54. The number of nitrogen functional groups attached to an aromatic ring is 1. The lowest BCUT2D eigenvalue weighted by atomic mass is 10.2. The molecule has 1 heterocycles. The van der Waals surface area contributed by atoms with Gasteiger partial charge in [0.15, 0.2) is 0 Å². The Bertz CT molecular complexity index is 704. The number of nitrogens with one attached hydrogen (secondary N) is 1. The number of amides is 1. The Hall–Kier alpha value is -2.39. The molecular formula is C14H11BrN4O. The highest BCUT2D eigenvalue weighted by Crippen LogP contribution is 2.28. The van der Waals surface area contributed by atoms with E-state index in [1.165, 1.54) is 12.3 Å². The fourth-order valence-electron chi connectivity index (χ4n) is 1.57. The minimum atomic E-state index is -0.363. The van der Waals surface area contributed by atoms with Crippen LogP contribution in [0.5, 0.6) is 0 Å². The Kier molecular flexibility index (Phi) is 4.01. The van der Waals surface area contributed by atoms with Gasteiger partial charge in [0.1, 0.15) is 11.8 Å². The number of carbonyl (C=O) groups is 1. The lowest BCUT2D eigenvalue weighted by Crippen LogP contribution is -2.14. The van der Waals surface area contributed by atoms with Crippen molar-refractivity contribution < 1.29 is 4.79 Å². The van der Waals surface area contributed by atoms with E-state index in [2.05, 4.69) is 26.2 Å². The Labute approximate surface area is 124 Å². The molecule has 0 aliphatic rings. The number of aromatic nitrogens is 1. The standard InChI is InChI=1S/C14H11BrN4O/c1-8-4-10(15)13(5-11(8)17)19-14(20)12-3-2-9(6-16)7-18-12/h2-5,7H,17H2,1H3,(H,19,20). The van der Waals surface area contributed by atoms with Crippen molar-refractivity contribution in [3.63, 3.8) is 0 Å². The second-order valence-corrected chi connectivity index (χ2v) is 5.04. The van der Waals surface area contributed by atoms with Crippen molar-refractivity contribution in [3.05, 3.63) is 51.8 Å². The summed E-state index contributed by atoms with van der Waals surface area (Å²) in [6.07, 6.45) is 1.35. The molecule has 0 aliphatic heterocycles. The van der Waals surface area contributed by atoms with Gasteiger partial charge < -0.3 is 11.1 Å². The van der Waals surface area contributed by atoms with Crippen molar-refractivity contribution in [2.24, 2.45) is 0 Å². The van der Waals surface area contributed by atoms with E-state index in [9.17, 15) is 4.79 Å². The summed E-state index contributed by atoms with van der Waals surface area (Å²) >= 11 is 3.37. The number of anilines is 2. The van der Waals surface area contributed by atoms with Gasteiger partial charge in [-0.1, -0.05) is 0 Å². The molecule has 0 aliphatic carbocycles. The highest BCUT2D eigenvalue weighted by atomic mass is 79.9. The van der Waals surface area contributed by atoms with Crippen LogP contribution in [0.3, 0.4) is 0 Å². The summed E-state index contributed by atoms with van der Waals surface area (Å²) in [5, 5.41) is 11.4. The zero-order chi connectivity index (χ0) is 14.7. The molecule has 6 heteroatoms. The number of nitrogens with two attached hydrogens (primary N) is 1. The van der Waals surface area contributed by atoms with E-state index in [4.69, 9.17) is 11.0 Å². The van der Waals surface area contributed by atoms with Crippen LogP contribution >= 0.6 is 15.9 Å². The molecule has 1 amide bonds. The number of hydrogen-bond donors (Lipinski definition) is 2. The molecule has 1 aromatic heterocycles. The zero-order valence-corrected chi connectivity index (χ0v) is 12.2. The number of rotatable bonds is 2. The van der Waals surface area contributed by atoms with Crippen molar-refractivity contribution in [1.29, 1.82) is 5.26 Å². The second-order valence-electron chi connectivity index (χ2n) is 4.19. The number of aryl methyl sites for hydroxylation is 1. The van der Waals surface area contributed by atoms with Gasteiger partial charge in [-0.15, -0.1) is 0 Å². The molecule has 0 fully saturated rings. The molecule has 0 radical (unpaired) electrons. The third-order valence-electron chi connectivity index (χ3n) is 2.73. The Balaban J connectivity index is 2.23. The summed E-state index contributed by atoms with van der Waals surface area (Å²) in [5.74, 6) is -0.363. The van der Waals surface area contributed by atoms with Crippen LogP contribution in [0.2, 0.25) is 0 Å². The van der Waals surface area contributed by atoms with Gasteiger partial charge in [0.25, 0.3) is 5.91 Å². The smallest absolute Gasteiger partial charge is 0.274 e. The molecule has 100 valence electrons. The highest BCUT2D eigenvalue weighted by molar-refractivity contribution is 9.10. The average molecular weight is 331 g/mol. The molecular weight excluding hydrogens is 320 g/mol. The summed E-state index contributed by atoms with van der Waals surface area (Å²) in [6, 6.07) is 8.50. The van der Waals surface area contributed by atoms with Crippen LogP contribution in [-0.4, -0.2) is 10.9 Å². The first-order valence-electron chi connectivity index (χ1n) is 5.74. The molecule has 2 rings (SSSR count). The monoisotopic (exact) mass is 330 g/mol. The van der Waals surface area contributed by atoms with Crippen LogP contribution in [0.4, 0.5) is 11.4 Å². The van der Waals surface area contributed by atoms with Gasteiger partial charge >= 0.3 is 0 Å². The molecule has 0 spiro atoms. The summed E-state index contributed by atoms with van der Waals surface area (Å²) in [4.78, 5) is 16.0. The number of carbonyl (C=O) groups excluding carboxylic acids is 1. The minimum Gasteiger partial charge on any atom is -0.398 e. The summed E-state index contributed by atoms with van der Waals surface area (Å²) in [6.45, 7) is 1.88. The molecule has 20 heavy (non-hydrogen) atoms. The molecule has 1 aromatic carbocycles. The van der Waals surface area contributed by atoms with Crippen LogP contribution in [0.15, 0.2) is 34.9 Å². The number of benzene rings is 1. The van der Waals surface area contributed by atoms with E-state index in [0.717, 1.165) is 10.0 Å². The van der Waals surface area contributed by atoms with Crippen molar-refractivity contribution in [2.75, 3.05) is 11.1 Å². The normalized spacial score (nSPS) is 9.85. The van der Waals surface area contributed by atoms with Crippen molar-refractivity contribution in [1.82, 2.24) is 4.98 Å². The highest BCUT2D eigenvalue weighted by Gasteiger charge is 2.11. The fourth-order valence-corrected chi connectivity index (χ4v) is 2.12. The quantitative estimate of drug-likeness (QED) is 0.828. The van der Waals surface area contributed by atoms with Crippen LogP contribution < -0.4 is 11.1 Å². The number of halogens is 1. The van der Waals surface area contributed by atoms with E-state index in [1.807, 2.05) is 19.1 Å². The minimum absolute atomic E-state index is 0.232. The largest absolute Gasteiger partial charge is 0.398 e. The lowest BCUT2D eigenvalue weighted by molar-refractivity contribution is 0.102. The SMILES string of the molecule is Cc1cc(Br)c(NC(=O)c2ccc(C#N)cn2)cc1N. The Morgan fingerprint density at radius 1 is 1.45 bits per heavy atom. The summed E-state index contributed by atoms with van der Waals surface area (Å²) < 4.78 is 0.742. The maximum Gasteiger partial charge on any atom is 0.274 e. The topological polar surface area (TPSA) is 91.8 Å². The number of pyridine rings is 1. The lowest BCUT2D eigenvalue weighted by Gasteiger charge is -2.10.